The molecule has 1 aliphatic rings. The highest BCUT2D eigenvalue weighted by Crippen LogP contribution is 2.23. The molecular formula is C12H14BrN3O2. The molecule has 0 unspecified atom stereocenters. The Kier molecular flexibility index (Phi) is 3.86. The van der Waals surface area contributed by atoms with Crippen LogP contribution in [0.5, 0.6) is 0 Å². The van der Waals surface area contributed by atoms with E-state index in [-0.39, 0.29) is 18.5 Å². The minimum atomic E-state index is -0.255. The fourth-order valence-corrected chi connectivity index (χ4v) is 2.32. The summed E-state index contributed by atoms with van der Waals surface area (Å²) in [7, 11) is 0. The monoisotopic (exact) mass is 311 g/mol. The topological polar surface area (TPSA) is 61.4 Å². The van der Waals surface area contributed by atoms with E-state index < -0.39 is 0 Å². The summed E-state index contributed by atoms with van der Waals surface area (Å²) in [5.41, 5.74) is 1.81. The van der Waals surface area contributed by atoms with E-state index in [9.17, 15) is 9.59 Å². The van der Waals surface area contributed by atoms with E-state index in [1.807, 2.05) is 25.1 Å². The Hall–Kier alpha value is -1.56. The zero-order valence-electron chi connectivity index (χ0n) is 10.00. The predicted octanol–water partition coefficient (Wildman–Crippen LogP) is 1.72. The summed E-state index contributed by atoms with van der Waals surface area (Å²) < 4.78 is 0.831. The van der Waals surface area contributed by atoms with Crippen molar-refractivity contribution in [1.82, 2.24) is 10.2 Å². The van der Waals surface area contributed by atoms with Crippen LogP contribution < -0.4 is 10.6 Å². The molecule has 0 atom stereocenters. The number of nitrogens with zero attached hydrogens (tertiary/aromatic N) is 1. The average molecular weight is 312 g/mol. The van der Waals surface area contributed by atoms with Crippen LogP contribution in [0, 0.1) is 6.92 Å². The van der Waals surface area contributed by atoms with Crippen LogP contribution in [0.1, 0.15) is 5.56 Å². The van der Waals surface area contributed by atoms with Crippen molar-refractivity contribution in [2.24, 2.45) is 0 Å². The molecule has 0 radical (unpaired) electrons. The Labute approximate surface area is 114 Å². The lowest BCUT2D eigenvalue weighted by Crippen LogP contribution is -2.51. The van der Waals surface area contributed by atoms with Gasteiger partial charge in [0, 0.05) is 17.6 Å². The summed E-state index contributed by atoms with van der Waals surface area (Å²) in [6.07, 6.45) is 0. The van der Waals surface area contributed by atoms with Crippen LogP contribution in [0.25, 0.3) is 0 Å². The first-order chi connectivity index (χ1) is 8.56. The van der Waals surface area contributed by atoms with Crippen LogP contribution >= 0.6 is 15.9 Å². The summed E-state index contributed by atoms with van der Waals surface area (Å²) in [6.45, 7) is 3.11. The van der Waals surface area contributed by atoms with Gasteiger partial charge in [0.2, 0.25) is 5.91 Å². The molecule has 5 nitrogen and oxygen atoms in total. The van der Waals surface area contributed by atoms with Gasteiger partial charge >= 0.3 is 6.03 Å². The molecule has 1 aromatic rings. The first-order valence-corrected chi connectivity index (χ1v) is 6.44. The molecule has 1 aromatic carbocycles. The lowest BCUT2D eigenvalue weighted by Gasteiger charge is -2.26. The van der Waals surface area contributed by atoms with E-state index in [0.29, 0.717) is 18.8 Å². The quantitative estimate of drug-likeness (QED) is 0.829. The normalized spacial score (nSPS) is 15.2. The van der Waals surface area contributed by atoms with Crippen LogP contribution in [0.3, 0.4) is 0 Å². The number of amides is 3. The molecule has 6 heteroatoms. The van der Waals surface area contributed by atoms with E-state index >= 15 is 0 Å². The predicted molar refractivity (Wildman–Crippen MR) is 72.5 cm³/mol. The Morgan fingerprint density at radius 1 is 1.50 bits per heavy atom. The van der Waals surface area contributed by atoms with Crippen LogP contribution in [0.15, 0.2) is 22.7 Å². The van der Waals surface area contributed by atoms with Crippen LogP contribution in [0.4, 0.5) is 10.5 Å². The van der Waals surface area contributed by atoms with E-state index in [1.54, 1.807) is 0 Å². The Morgan fingerprint density at radius 3 is 2.94 bits per heavy atom. The third-order valence-electron chi connectivity index (χ3n) is 2.69. The van der Waals surface area contributed by atoms with Crippen molar-refractivity contribution < 1.29 is 9.59 Å². The fraction of sp³-hybridized carbons (Fsp3) is 0.333. The summed E-state index contributed by atoms with van der Waals surface area (Å²) in [5, 5.41) is 5.47. The van der Waals surface area contributed by atoms with Crippen molar-refractivity contribution in [3.8, 4) is 0 Å². The lowest BCUT2D eigenvalue weighted by molar-refractivity contribution is -0.123. The summed E-state index contributed by atoms with van der Waals surface area (Å²) in [6, 6.07) is 5.43. The standard InChI is InChI=1S/C12H14BrN3O2/c1-8-2-3-10(9(13)6-8)15-12(18)16-5-4-14-11(17)7-16/h2-3,6H,4-5,7H2,1H3,(H,14,17)(H,15,18). The van der Waals surface area contributed by atoms with Gasteiger partial charge in [-0.1, -0.05) is 6.07 Å². The second-order valence-corrected chi connectivity index (χ2v) is 5.04. The summed E-state index contributed by atoms with van der Waals surface area (Å²) in [4.78, 5) is 24.7. The molecule has 1 heterocycles. The minimum Gasteiger partial charge on any atom is -0.353 e. The van der Waals surface area contributed by atoms with Crippen molar-refractivity contribution in [3.63, 3.8) is 0 Å². The molecule has 0 aliphatic carbocycles. The first-order valence-electron chi connectivity index (χ1n) is 5.65. The zero-order chi connectivity index (χ0) is 13.1. The Balaban J connectivity index is 2.04. The van der Waals surface area contributed by atoms with Gasteiger partial charge in [-0.2, -0.15) is 0 Å². The summed E-state index contributed by atoms with van der Waals surface area (Å²) >= 11 is 3.40. The number of anilines is 1. The molecule has 0 aromatic heterocycles. The first kappa shape index (κ1) is 12.9. The highest BCUT2D eigenvalue weighted by Gasteiger charge is 2.21. The van der Waals surface area contributed by atoms with Gasteiger partial charge in [0.15, 0.2) is 0 Å². The number of carbonyl (C=O) groups is 2. The number of benzene rings is 1. The SMILES string of the molecule is Cc1ccc(NC(=O)N2CCNC(=O)C2)c(Br)c1. The molecular weight excluding hydrogens is 298 g/mol. The van der Waals surface area contributed by atoms with Gasteiger partial charge in [0.05, 0.1) is 5.69 Å². The van der Waals surface area contributed by atoms with Gasteiger partial charge < -0.3 is 15.5 Å². The average Bonchev–Trinajstić information content (AvgIpc) is 2.32. The number of aryl methyl sites for hydroxylation is 1. The molecule has 1 aliphatic heterocycles. The number of carbonyl (C=O) groups excluding carboxylic acids is 2. The number of hydrogen-bond acceptors (Lipinski definition) is 2. The smallest absolute Gasteiger partial charge is 0.322 e. The highest BCUT2D eigenvalue weighted by atomic mass is 79.9. The number of hydrogen-bond donors (Lipinski definition) is 2. The summed E-state index contributed by atoms with van der Waals surface area (Å²) in [5.74, 6) is -0.126. The number of piperazine rings is 1. The van der Waals surface area contributed by atoms with Crippen molar-refractivity contribution >= 4 is 33.6 Å². The van der Waals surface area contributed by atoms with E-state index in [0.717, 1.165) is 10.0 Å². The van der Waals surface area contributed by atoms with Crippen molar-refractivity contribution in [2.75, 3.05) is 25.0 Å². The molecule has 1 saturated heterocycles. The van der Waals surface area contributed by atoms with Crippen molar-refractivity contribution in [3.05, 3.63) is 28.2 Å². The van der Waals surface area contributed by atoms with Crippen molar-refractivity contribution in [1.29, 1.82) is 0 Å². The Bertz CT molecular complexity index is 490. The molecule has 2 rings (SSSR count). The highest BCUT2D eigenvalue weighted by molar-refractivity contribution is 9.10. The van der Waals surface area contributed by atoms with E-state index in [4.69, 9.17) is 0 Å². The minimum absolute atomic E-state index is 0.106. The molecule has 2 N–H and O–H groups in total. The molecule has 96 valence electrons. The Morgan fingerprint density at radius 2 is 2.28 bits per heavy atom. The van der Waals surface area contributed by atoms with Crippen LogP contribution in [-0.4, -0.2) is 36.5 Å². The number of urea groups is 1. The number of halogens is 1. The second kappa shape index (κ2) is 5.39. The van der Waals surface area contributed by atoms with Gasteiger partial charge in [0.25, 0.3) is 0 Å². The van der Waals surface area contributed by atoms with Crippen LogP contribution in [-0.2, 0) is 4.79 Å². The largest absolute Gasteiger partial charge is 0.353 e. The molecule has 0 saturated carbocycles. The van der Waals surface area contributed by atoms with Gasteiger partial charge in [-0.15, -0.1) is 0 Å². The van der Waals surface area contributed by atoms with Gasteiger partial charge in [-0.25, -0.2) is 4.79 Å². The van der Waals surface area contributed by atoms with E-state index in [1.165, 1.54) is 4.90 Å². The molecule has 0 spiro atoms. The van der Waals surface area contributed by atoms with Gasteiger partial charge in [-0.3, -0.25) is 4.79 Å². The second-order valence-electron chi connectivity index (χ2n) is 4.18. The maximum atomic E-state index is 12.0. The van der Waals surface area contributed by atoms with Crippen LogP contribution in [0.2, 0.25) is 0 Å². The third kappa shape index (κ3) is 3.01. The molecule has 0 bridgehead atoms. The van der Waals surface area contributed by atoms with Crippen molar-refractivity contribution in [2.45, 2.75) is 6.92 Å². The molecule has 1 fully saturated rings. The number of rotatable bonds is 1. The number of nitrogens with one attached hydrogen (secondary N) is 2. The van der Waals surface area contributed by atoms with Gasteiger partial charge in [0.1, 0.15) is 6.54 Å². The maximum absolute atomic E-state index is 12.0. The van der Waals surface area contributed by atoms with E-state index in [2.05, 4.69) is 26.6 Å². The molecule has 18 heavy (non-hydrogen) atoms. The fourth-order valence-electron chi connectivity index (χ4n) is 1.73. The molecule has 3 amide bonds. The third-order valence-corrected chi connectivity index (χ3v) is 3.35. The zero-order valence-corrected chi connectivity index (χ0v) is 11.6. The van der Waals surface area contributed by atoms with Gasteiger partial charge in [-0.05, 0) is 40.5 Å². The lowest BCUT2D eigenvalue weighted by atomic mass is 10.2. The maximum Gasteiger partial charge on any atom is 0.322 e.